The summed E-state index contributed by atoms with van der Waals surface area (Å²) in [4.78, 5) is 16.7. The predicted molar refractivity (Wildman–Crippen MR) is 91.0 cm³/mol. The monoisotopic (exact) mass is 370 g/mol. The lowest BCUT2D eigenvalue weighted by Gasteiger charge is -2.08. The van der Waals surface area contributed by atoms with E-state index in [0.717, 1.165) is 4.88 Å². The van der Waals surface area contributed by atoms with Crippen LogP contribution in [0, 0.1) is 0 Å². The van der Waals surface area contributed by atoms with Crippen molar-refractivity contribution >= 4 is 45.5 Å². The molecular formula is C15H12Cl2N2O3S. The summed E-state index contributed by atoms with van der Waals surface area (Å²) in [6.07, 6.45) is 3.54. The molecule has 0 bridgehead atoms. The zero-order valence-corrected chi connectivity index (χ0v) is 14.4. The molecule has 0 spiro atoms. The molecule has 0 aliphatic rings. The van der Waals surface area contributed by atoms with Gasteiger partial charge in [0.15, 0.2) is 4.96 Å². The summed E-state index contributed by atoms with van der Waals surface area (Å²) in [6, 6.07) is 3.39. The summed E-state index contributed by atoms with van der Waals surface area (Å²) in [5.41, 5.74) is 1.38. The molecule has 120 valence electrons. The van der Waals surface area contributed by atoms with E-state index in [-0.39, 0.29) is 6.42 Å². The predicted octanol–water partition coefficient (Wildman–Crippen LogP) is 4.40. The molecule has 0 amide bonds. The second-order valence-corrected chi connectivity index (χ2v) is 6.69. The Balaban J connectivity index is 1.98. The van der Waals surface area contributed by atoms with Crippen molar-refractivity contribution in [2.24, 2.45) is 0 Å². The van der Waals surface area contributed by atoms with Gasteiger partial charge in [-0.15, -0.1) is 11.3 Å². The number of nitrogens with zero attached hydrogens (tertiary/aromatic N) is 2. The van der Waals surface area contributed by atoms with Gasteiger partial charge < -0.3 is 9.84 Å². The Labute approximate surface area is 146 Å². The van der Waals surface area contributed by atoms with E-state index in [4.69, 9.17) is 33.0 Å². The van der Waals surface area contributed by atoms with E-state index in [9.17, 15) is 4.79 Å². The first-order valence-corrected chi connectivity index (χ1v) is 8.36. The van der Waals surface area contributed by atoms with E-state index in [1.54, 1.807) is 28.9 Å². The van der Waals surface area contributed by atoms with Crippen molar-refractivity contribution in [2.75, 3.05) is 6.61 Å². The fraction of sp³-hybridized carbons (Fsp3) is 0.200. The minimum absolute atomic E-state index is 0.0149. The van der Waals surface area contributed by atoms with Crippen LogP contribution in [0.2, 0.25) is 10.0 Å². The van der Waals surface area contributed by atoms with Gasteiger partial charge in [-0.3, -0.25) is 9.20 Å². The number of ether oxygens (including phenoxy) is 1. The highest BCUT2D eigenvalue weighted by Gasteiger charge is 2.15. The Hall–Kier alpha value is -1.76. The smallest absolute Gasteiger partial charge is 0.308 e. The fourth-order valence-corrected chi connectivity index (χ4v) is 3.61. The molecule has 0 aliphatic carbocycles. The average molecular weight is 371 g/mol. The summed E-state index contributed by atoms with van der Waals surface area (Å²) in [7, 11) is 0. The summed E-state index contributed by atoms with van der Waals surface area (Å²) >= 11 is 13.8. The highest BCUT2D eigenvalue weighted by Crippen LogP contribution is 2.37. The summed E-state index contributed by atoms with van der Waals surface area (Å²) in [6.45, 7) is 2.37. The lowest BCUT2D eigenvalue weighted by Crippen LogP contribution is -1.97. The van der Waals surface area contributed by atoms with Crippen molar-refractivity contribution in [3.05, 3.63) is 39.4 Å². The van der Waals surface area contributed by atoms with Gasteiger partial charge in [0.1, 0.15) is 5.75 Å². The molecule has 3 rings (SSSR count). The maximum Gasteiger partial charge on any atom is 0.308 e. The molecular weight excluding hydrogens is 359 g/mol. The second-order valence-electron chi connectivity index (χ2n) is 4.78. The molecule has 2 aromatic heterocycles. The van der Waals surface area contributed by atoms with E-state index < -0.39 is 5.97 Å². The molecule has 0 saturated carbocycles. The Bertz CT molecular complexity index is 857. The highest BCUT2D eigenvalue weighted by molar-refractivity contribution is 7.17. The van der Waals surface area contributed by atoms with Crippen molar-refractivity contribution in [3.8, 4) is 17.0 Å². The Morgan fingerprint density at radius 1 is 1.35 bits per heavy atom. The fourth-order valence-electron chi connectivity index (χ4n) is 2.19. The molecule has 3 aromatic rings. The van der Waals surface area contributed by atoms with Gasteiger partial charge in [0.05, 0.1) is 28.8 Å². The summed E-state index contributed by atoms with van der Waals surface area (Å²) < 4.78 is 7.20. The summed E-state index contributed by atoms with van der Waals surface area (Å²) in [5, 5.41) is 9.79. The van der Waals surface area contributed by atoms with E-state index >= 15 is 0 Å². The molecule has 0 fully saturated rings. The number of rotatable bonds is 5. The van der Waals surface area contributed by atoms with Crippen LogP contribution >= 0.6 is 34.5 Å². The van der Waals surface area contributed by atoms with Crippen molar-refractivity contribution in [2.45, 2.75) is 13.3 Å². The van der Waals surface area contributed by atoms with Crippen LogP contribution in [0.25, 0.3) is 16.2 Å². The van der Waals surface area contributed by atoms with Crippen LogP contribution in [-0.4, -0.2) is 27.1 Å². The number of carbonyl (C=O) groups is 1. The van der Waals surface area contributed by atoms with Crippen LogP contribution < -0.4 is 4.74 Å². The van der Waals surface area contributed by atoms with Crippen LogP contribution in [-0.2, 0) is 11.2 Å². The largest absolute Gasteiger partial charge is 0.492 e. The molecule has 1 aromatic carbocycles. The Morgan fingerprint density at radius 3 is 2.78 bits per heavy atom. The lowest BCUT2D eigenvalue weighted by molar-refractivity contribution is -0.136. The Morgan fingerprint density at radius 2 is 2.13 bits per heavy atom. The van der Waals surface area contributed by atoms with Gasteiger partial charge in [-0.2, -0.15) is 0 Å². The minimum Gasteiger partial charge on any atom is -0.492 e. The van der Waals surface area contributed by atoms with Crippen molar-refractivity contribution < 1.29 is 14.6 Å². The quantitative estimate of drug-likeness (QED) is 0.722. The Kier molecular flexibility index (Phi) is 4.48. The topological polar surface area (TPSA) is 63.8 Å². The molecule has 1 N–H and O–H groups in total. The first-order chi connectivity index (χ1) is 11.0. The third-order valence-electron chi connectivity index (χ3n) is 3.13. The number of imidazole rings is 1. The number of aliphatic carboxylic acids is 1. The maximum atomic E-state index is 10.8. The van der Waals surface area contributed by atoms with Crippen LogP contribution in [0.4, 0.5) is 0 Å². The normalized spacial score (nSPS) is 11.1. The SMILES string of the molecule is CCOc1cc(Cl)c(-c2cn3cc(CC(=O)O)sc3n2)cc1Cl. The first kappa shape index (κ1) is 16.1. The molecule has 0 atom stereocenters. The first-order valence-electron chi connectivity index (χ1n) is 6.79. The van der Waals surface area contributed by atoms with E-state index in [1.807, 2.05) is 6.92 Å². The third kappa shape index (κ3) is 3.29. The van der Waals surface area contributed by atoms with Gasteiger partial charge in [0.2, 0.25) is 0 Å². The van der Waals surface area contributed by atoms with Crippen LogP contribution in [0.5, 0.6) is 5.75 Å². The zero-order chi connectivity index (χ0) is 16.6. The van der Waals surface area contributed by atoms with Crippen molar-refractivity contribution in [3.63, 3.8) is 0 Å². The molecule has 0 saturated heterocycles. The number of carboxylic acid groups (broad SMARTS) is 1. The summed E-state index contributed by atoms with van der Waals surface area (Å²) in [5.74, 6) is -0.330. The molecule has 0 radical (unpaired) electrons. The number of aromatic nitrogens is 2. The number of halogens is 2. The lowest BCUT2D eigenvalue weighted by atomic mass is 10.1. The molecule has 23 heavy (non-hydrogen) atoms. The van der Waals surface area contributed by atoms with Crippen LogP contribution in [0.15, 0.2) is 24.5 Å². The molecule has 0 aliphatic heterocycles. The number of hydrogen-bond donors (Lipinski definition) is 1. The third-order valence-corrected chi connectivity index (χ3v) is 4.73. The highest BCUT2D eigenvalue weighted by atomic mass is 35.5. The van der Waals surface area contributed by atoms with Gasteiger partial charge in [-0.05, 0) is 13.0 Å². The standard InChI is InChI=1S/C15H12Cl2N2O3S/c1-2-22-13-5-10(16)9(4-11(13)17)12-7-19-6-8(3-14(20)21)23-15(19)18-12/h4-7H,2-3H2,1H3,(H,20,21). The molecule has 5 nitrogen and oxygen atoms in total. The average Bonchev–Trinajstić information content (AvgIpc) is 3.00. The van der Waals surface area contributed by atoms with E-state index in [0.29, 0.717) is 38.6 Å². The van der Waals surface area contributed by atoms with E-state index in [2.05, 4.69) is 4.98 Å². The van der Waals surface area contributed by atoms with Gasteiger partial charge in [-0.1, -0.05) is 23.2 Å². The minimum atomic E-state index is -0.865. The second kappa shape index (κ2) is 6.39. The number of thiazole rings is 1. The van der Waals surface area contributed by atoms with Gasteiger partial charge in [0, 0.05) is 28.9 Å². The zero-order valence-electron chi connectivity index (χ0n) is 12.0. The molecule has 8 heteroatoms. The van der Waals surface area contributed by atoms with Gasteiger partial charge in [0.25, 0.3) is 0 Å². The van der Waals surface area contributed by atoms with Crippen LogP contribution in [0.1, 0.15) is 11.8 Å². The number of fused-ring (bicyclic) bond motifs is 1. The van der Waals surface area contributed by atoms with Gasteiger partial charge >= 0.3 is 5.97 Å². The number of benzene rings is 1. The van der Waals surface area contributed by atoms with Gasteiger partial charge in [-0.25, -0.2) is 4.98 Å². The van der Waals surface area contributed by atoms with Crippen molar-refractivity contribution in [1.29, 1.82) is 0 Å². The van der Waals surface area contributed by atoms with Crippen molar-refractivity contribution in [1.82, 2.24) is 9.38 Å². The molecule has 2 heterocycles. The maximum absolute atomic E-state index is 10.8. The number of carboxylic acids is 1. The van der Waals surface area contributed by atoms with E-state index in [1.165, 1.54) is 11.3 Å². The molecule has 0 unspecified atom stereocenters. The number of hydrogen-bond acceptors (Lipinski definition) is 4. The van der Waals surface area contributed by atoms with Crippen LogP contribution in [0.3, 0.4) is 0 Å².